The van der Waals surface area contributed by atoms with Gasteiger partial charge in [-0.2, -0.15) is 0 Å². The zero-order chi connectivity index (χ0) is 45.1. The highest BCUT2D eigenvalue weighted by molar-refractivity contribution is 5.87. The van der Waals surface area contributed by atoms with Crippen molar-refractivity contribution in [2.45, 2.75) is 170 Å². The molecule has 0 aliphatic rings. The quantitative estimate of drug-likeness (QED) is 0.0626. The Labute approximate surface area is 353 Å². The van der Waals surface area contributed by atoms with Gasteiger partial charge in [-0.1, -0.05) is 124 Å². The highest BCUT2D eigenvalue weighted by atomic mass is 16.6. The lowest BCUT2D eigenvalue weighted by molar-refractivity contribution is -0.394. The van der Waals surface area contributed by atoms with Crippen LogP contribution in [0.15, 0.2) is 41.4 Å². The molecule has 0 radical (unpaired) electrons. The van der Waals surface area contributed by atoms with E-state index in [4.69, 9.17) is 14.5 Å². The number of nitro benzene ring substituents is 2. The van der Waals surface area contributed by atoms with Gasteiger partial charge in [-0.15, -0.1) is 0 Å². The minimum absolute atomic E-state index is 0.213. The summed E-state index contributed by atoms with van der Waals surface area (Å²) in [7, 11) is 0. The third kappa shape index (κ3) is 11.2. The molecule has 3 rings (SSSR count). The van der Waals surface area contributed by atoms with E-state index in [9.17, 15) is 30.4 Å². The second-order valence-electron chi connectivity index (χ2n) is 20.4. The molecule has 326 valence electrons. The van der Waals surface area contributed by atoms with Crippen molar-refractivity contribution in [2.75, 3.05) is 13.2 Å². The topological polar surface area (TPSA) is 158 Å². The number of hydrogen-bond acceptors (Lipinski definition) is 9. The maximum atomic E-state index is 14.1. The molecule has 0 fully saturated rings. The first-order valence-corrected chi connectivity index (χ1v) is 21.1. The number of non-ortho nitro benzene ring substituents is 1. The molecule has 3 aromatic rings. The smallest absolute Gasteiger partial charge is 0.318 e. The standard InChI is InChI=1S/C48H71N3O8/c1-17-19-21-58-41-35(44(5,6)7)24-32(25-36(41)45(8,9)10)48(53,33-26-37(46(11,12)13)42(59-22-20-18-2)38(27-33)47(14,15)16)43(30(3)4)49-29-31-23-34(50(54)55)28-39(40(31)52)51(56)57/h23-30,43,52-53H,17-22H2,1-16H3. The van der Waals surface area contributed by atoms with Gasteiger partial charge in [-0.25, -0.2) is 0 Å². The van der Waals surface area contributed by atoms with Crippen LogP contribution in [0.4, 0.5) is 11.4 Å². The minimum Gasteiger partial charge on any atom is -0.502 e. The average Bonchev–Trinajstić information content (AvgIpc) is 3.10. The molecular formula is C48H71N3O8. The summed E-state index contributed by atoms with van der Waals surface area (Å²) in [5, 5.41) is 49.0. The van der Waals surface area contributed by atoms with Gasteiger partial charge >= 0.3 is 5.69 Å². The minimum atomic E-state index is -1.88. The molecule has 0 bridgehead atoms. The highest BCUT2D eigenvalue weighted by Crippen LogP contribution is 2.50. The Kier molecular flexibility index (Phi) is 15.2. The number of aromatic hydroxyl groups is 1. The summed E-state index contributed by atoms with van der Waals surface area (Å²) in [6, 6.07) is 8.89. The Morgan fingerprint density at radius 3 is 1.32 bits per heavy atom. The molecule has 0 heterocycles. The van der Waals surface area contributed by atoms with Crippen molar-refractivity contribution in [1.82, 2.24) is 0 Å². The average molecular weight is 818 g/mol. The molecule has 11 nitrogen and oxygen atoms in total. The van der Waals surface area contributed by atoms with Crippen LogP contribution < -0.4 is 9.47 Å². The second kappa shape index (κ2) is 18.4. The number of benzene rings is 3. The summed E-state index contributed by atoms with van der Waals surface area (Å²) in [6.07, 6.45) is 4.90. The Hall–Kier alpha value is -4.51. The van der Waals surface area contributed by atoms with E-state index in [-0.39, 0.29) is 11.5 Å². The van der Waals surface area contributed by atoms with Crippen molar-refractivity contribution < 1.29 is 29.5 Å². The fraction of sp³-hybridized carbons (Fsp3) is 0.604. The van der Waals surface area contributed by atoms with Gasteiger partial charge in [0.25, 0.3) is 5.69 Å². The summed E-state index contributed by atoms with van der Waals surface area (Å²) in [5.74, 6) is 0.440. The first-order valence-electron chi connectivity index (χ1n) is 21.1. The van der Waals surface area contributed by atoms with E-state index in [1.165, 1.54) is 6.21 Å². The van der Waals surface area contributed by atoms with Crippen LogP contribution in [0.2, 0.25) is 0 Å². The molecule has 0 saturated carbocycles. The fourth-order valence-electron chi connectivity index (χ4n) is 7.27. The van der Waals surface area contributed by atoms with Gasteiger partial charge in [0.15, 0.2) is 0 Å². The van der Waals surface area contributed by atoms with Gasteiger partial charge in [0, 0.05) is 40.1 Å². The van der Waals surface area contributed by atoms with Gasteiger partial charge in [-0.05, 0) is 75.8 Å². The number of aliphatic imine (C=N–C) groups is 1. The first-order chi connectivity index (χ1) is 27.0. The largest absolute Gasteiger partial charge is 0.502 e. The SMILES string of the molecule is CCCCOc1c(C(C)(C)C)cc(C(O)(c2cc(C(C)(C)C)c(OCCCC)c(C(C)(C)C)c2)C(N=Cc2cc([N+](=O)[O-])cc([N+](=O)[O-])c2O)C(C)C)cc1C(C)(C)C. The van der Waals surface area contributed by atoms with Gasteiger partial charge in [-0.3, -0.25) is 25.2 Å². The lowest BCUT2D eigenvalue weighted by Crippen LogP contribution is -2.44. The molecule has 11 heteroatoms. The molecule has 0 amide bonds. The Morgan fingerprint density at radius 1 is 0.661 bits per heavy atom. The number of aliphatic hydroxyl groups is 1. The summed E-state index contributed by atoms with van der Waals surface area (Å²) in [6.45, 7) is 34.7. The van der Waals surface area contributed by atoms with Crippen molar-refractivity contribution in [3.05, 3.63) is 95.6 Å². The lowest BCUT2D eigenvalue weighted by atomic mass is 9.69. The molecule has 0 aliphatic heterocycles. The molecular weight excluding hydrogens is 747 g/mol. The molecule has 0 saturated heterocycles. The third-order valence-electron chi connectivity index (χ3n) is 10.7. The molecule has 0 aromatic heterocycles. The first kappa shape index (κ1) is 48.9. The van der Waals surface area contributed by atoms with Crippen molar-refractivity contribution in [3.63, 3.8) is 0 Å². The molecule has 0 spiro atoms. The van der Waals surface area contributed by atoms with Crippen LogP contribution in [0, 0.1) is 26.1 Å². The molecule has 2 N–H and O–H groups in total. The van der Waals surface area contributed by atoms with Crippen LogP contribution in [-0.2, 0) is 27.3 Å². The van der Waals surface area contributed by atoms with Gasteiger partial charge in [0.2, 0.25) is 5.75 Å². The van der Waals surface area contributed by atoms with Gasteiger partial charge < -0.3 is 19.7 Å². The number of nitrogens with zero attached hydrogens (tertiary/aromatic N) is 3. The number of hydrogen-bond donors (Lipinski definition) is 2. The third-order valence-corrected chi connectivity index (χ3v) is 10.7. The van der Waals surface area contributed by atoms with Crippen LogP contribution in [0.1, 0.15) is 175 Å². The number of unbranched alkanes of at least 4 members (excludes halogenated alkanes) is 2. The van der Waals surface area contributed by atoms with Gasteiger partial charge in [0.05, 0.1) is 35.2 Å². The zero-order valence-corrected chi connectivity index (χ0v) is 38.6. The molecule has 0 aliphatic carbocycles. The van der Waals surface area contributed by atoms with E-state index in [0.29, 0.717) is 24.3 Å². The van der Waals surface area contributed by atoms with Crippen molar-refractivity contribution >= 4 is 17.6 Å². The summed E-state index contributed by atoms with van der Waals surface area (Å²) >= 11 is 0. The van der Waals surface area contributed by atoms with Crippen molar-refractivity contribution in [3.8, 4) is 17.2 Å². The predicted molar refractivity (Wildman–Crippen MR) is 239 cm³/mol. The fourth-order valence-corrected chi connectivity index (χ4v) is 7.27. The zero-order valence-electron chi connectivity index (χ0n) is 38.6. The number of phenolic OH excluding ortho intramolecular Hbond substituents is 1. The monoisotopic (exact) mass is 818 g/mol. The summed E-state index contributed by atoms with van der Waals surface area (Å²) in [4.78, 5) is 27.2. The Bertz CT molecular complexity index is 1850. The van der Waals surface area contributed by atoms with E-state index in [1.807, 2.05) is 38.1 Å². The second-order valence-corrected chi connectivity index (χ2v) is 20.4. The van der Waals surface area contributed by atoms with E-state index in [0.717, 1.165) is 71.6 Å². The Balaban J connectivity index is 2.71. The maximum absolute atomic E-state index is 14.1. The summed E-state index contributed by atoms with van der Waals surface area (Å²) in [5.41, 5.74) is -0.370. The maximum Gasteiger partial charge on any atom is 0.318 e. The molecule has 3 aromatic carbocycles. The number of nitro groups is 2. The number of rotatable bonds is 16. The van der Waals surface area contributed by atoms with Crippen LogP contribution >= 0.6 is 0 Å². The van der Waals surface area contributed by atoms with E-state index < -0.39 is 60.3 Å². The van der Waals surface area contributed by atoms with Crippen LogP contribution in [-0.4, -0.2) is 45.5 Å². The predicted octanol–water partition coefficient (Wildman–Crippen LogP) is 12.1. The van der Waals surface area contributed by atoms with Crippen LogP contribution in [0.25, 0.3) is 0 Å². The number of phenols is 1. The van der Waals surface area contributed by atoms with Crippen LogP contribution in [0.5, 0.6) is 17.2 Å². The van der Waals surface area contributed by atoms with Crippen molar-refractivity contribution in [2.24, 2.45) is 10.9 Å². The van der Waals surface area contributed by atoms with Gasteiger partial charge in [0.1, 0.15) is 17.1 Å². The van der Waals surface area contributed by atoms with Crippen LogP contribution in [0.3, 0.4) is 0 Å². The number of ether oxygens (including phenoxy) is 2. The van der Waals surface area contributed by atoms with E-state index in [2.05, 4.69) is 96.9 Å². The van der Waals surface area contributed by atoms with E-state index in [1.54, 1.807) is 0 Å². The van der Waals surface area contributed by atoms with E-state index >= 15 is 0 Å². The lowest BCUT2D eigenvalue weighted by Gasteiger charge is -2.41. The van der Waals surface area contributed by atoms with Crippen molar-refractivity contribution in [1.29, 1.82) is 0 Å². The highest BCUT2D eigenvalue weighted by Gasteiger charge is 2.46. The normalized spacial score (nSPS) is 13.6. The Morgan fingerprint density at radius 2 is 1.03 bits per heavy atom. The summed E-state index contributed by atoms with van der Waals surface area (Å²) < 4.78 is 13.3. The molecule has 1 atom stereocenters. The molecule has 59 heavy (non-hydrogen) atoms. The molecule has 1 unspecified atom stereocenters.